The molecule has 0 unspecified atom stereocenters. The first-order chi connectivity index (χ1) is 24.8. The summed E-state index contributed by atoms with van der Waals surface area (Å²) in [6.45, 7) is 24.1. The number of aliphatic hydroxyl groups is 1. The molecular formula is C45H72N2O6. The lowest BCUT2D eigenvalue weighted by Gasteiger charge is -2.72. The van der Waals surface area contributed by atoms with Crippen LogP contribution in [-0.2, 0) is 19.1 Å². The number of rotatable bonds is 9. The highest BCUT2D eigenvalue weighted by Gasteiger charge is 2.71. The molecule has 7 aliphatic rings. The Hall–Kier alpha value is -1.77. The molecule has 8 heteroatoms. The highest BCUT2D eigenvalue weighted by molar-refractivity contribution is 6.00. The standard InChI is InChI=1S/C45H72N2O6/c1-26(2)36-31(48)22-45(34(49)25-47-24-27-11-10-20-46-23-27)19-18-43(8)28(37(36)45)12-13-33-42(7)16-15-35(41(5,6)32(42)14-17-44(33,43)9)53-39(52)30-21-29(38(50)51)40(30,3)4/h26-30,32-35,46-47,49H,10-25H2,1-9H3,(H,50,51)/t27-,28+,29-,30+,32-,33+,34-,35-,42-,43+,44+,45-/m0/s1. The molecule has 0 radical (unpaired) electrons. The van der Waals surface area contributed by atoms with Crippen molar-refractivity contribution in [1.82, 2.24) is 10.6 Å². The smallest absolute Gasteiger partial charge is 0.309 e. The summed E-state index contributed by atoms with van der Waals surface area (Å²) in [6.07, 6.45) is 10.7. The number of carboxylic acid groups (broad SMARTS) is 1. The molecule has 1 saturated heterocycles. The molecule has 0 aromatic carbocycles. The molecule has 298 valence electrons. The number of aliphatic carboxylic acids is 1. The van der Waals surface area contributed by atoms with E-state index in [0.29, 0.717) is 43.1 Å². The maximum absolute atomic E-state index is 14.1. The lowest BCUT2D eigenvalue weighted by Crippen LogP contribution is -2.66. The molecule has 53 heavy (non-hydrogen) atoms. The molecule has 4 N–H and O–H groups in total. The van der Waals surface area contributed by atoms with E-state index in [1.807, 2.05) is 13.8 Å². The zero-order chi connectivity index (χ0) is 38.5. The quantitative estimate of drug-likeness (QED) is 0.179. The fraction of sp³-hybridized carbons (Fsp3) is 0.889. The summed E-state index contributed by atoms with van der Waals surface area (Å²) >= 11 is 0. The van der Waals surface area contributed by atoms with Crippen LogP contribution >= 0.6 is 0 Å². The molecule has 0 aromatic rings. The molecule has 1 heterocycles. The van der Waals surface area contributed by atoms with E-state index in [4.69, 9.17) is 4.74 Å². The molecule has 0 amide bonds. The van der Waals surface area contributed by atoms with Gasteiger partial charge in [-0.05, 0) is 147 Å². The summed E-state index contributed by atoms with van der Waals surface area (Å²) in [5, 5.41) is 29.0. The highest BCUT2D eigenvalue weighted by Crippen LogP contribution is 2.77. The van der Waals surface area contributed by atoms with Gasteiger partial charge in [0.15, 0.2) is 5.78 Å². The van der Waals surface area contributed by atoms with E-state index in [1.54, 1.807) is 0 Å². The lowest BCUT2D eigenvalue weighted by atomic mass is 9.33. The molecule has 6 fully saturated rings. The predicted molar refractivity (Wildman–Crippen MR) is 207 cm³/mol. The van der Waals surface area contributed by atoms with Gasteiger partial charge < -0.3 is 25.6 Å². The molecular weight excluding hydrogens is 665 g/mol. The van der Waals surface area contributed by atoms with Crippen molar-refractivity contribution in [3.8, 4) is 0 Å². The van der Waals surface area contributed by atoms with Gasteiger partial charge in [0.2, 0.25) is 0 Å². The SMILES string of the molecule is CC(C)C1=C2[C@H]3CC[C@@H]4[C@@]5(C)CC[C@H](OC(=O)[C@H]6C[C@@H](C(=O)O)C6(C)C)C(C)(C)[C@@H]5CC[C@@]4(C)[C@]3(C)CC[C@@]2([C@@H](O)CNC[C@H]2CCCNC2)CC1=O. The molecule has 6 aliphatic carbocycles. The first kappa shape index (κ1) is 39.5. The van der Waals surface area contributed by atoms with Crippen LogP contribution in [0.4, 0.5) is 0 Å². The Morgan fingerprint density at radius 1 is 0.887 bits per heavy atom. The van der Waals surface area contributed by atoms with Gasteiger partial charge in [-0.1, -0.05) is 67.9 Å². The van der Waals surface area contributed by atoms with Crippen LogP contribution in [0.5, 0.6) is 0 Å². The minimum Gasteiger partial charge on any atom is -0.481 e. The summed E-state index contributed by atoms with van der Waals surface area (Å²) < 4.78 is 6.42. The van der Waals surface area contributed by atoms with Crippen LogP contribution in [0.2, 0.25) is 0 Å². The van der Waals surface area contributed by atoms with Gasteiger partial charge in [0.1, 0.15) is 6.10 Å². The zero-order valence-electron chi connectivity index (χ0n) is 34.5. The van der Waals surface area contributed by atoms with Crippen LogP contribution in [0.3, 0.4) is 0 Å². The maximum atomic E-state index is 14.1. The van der Waals surface area contributed by atoms with Crippen LogP contribution in [0.15, 0.2) is 11.1 Å². The normalized spacial score (nSPS) is 45.0. The van der Waals surface area contributed by atoms with Gasteiger partial charge >= 0.3 is 11.9 Å². The molecule has 0 spiro atoms. The molecule has 8 nitrogen and oxygen atoms in total. The van der Waals surface area contributed by atoms with Gasteiger partial charge in [-0.15, -0.1) is 0 Å². The van der Waals surface area contributed by atoms with Gasteiger partial charge in [0.25, 0.3) is 0 Å². The van der Waals surface area contributed by atoms with Crippen LogP contribution in [0.25, 0.3) is 0 Å². The van der Waals surface area contributed by atoms with Crippen molar-refractivity contribution in [2.24, 2.45) is 73.9 Å². The third kappa shape index (κ3) is 5.78. The Morgan fingerprint density at radius 3 is 2.26 bits per heavy atom. The van der Waals surface area contributed by atoms with E-state index >= 15 is 0 Å². The van der Waals surface area contributed by atoms with Crippen LogP contribution in [-0.4, -0.2) is 66.3 Å². The van der Waals surface area contributed by atoms with Gasteiger partial charge in [0.05, 0.1) is 17.9 Å². The van der Waals surface area contributed by atoms with Crippen molar-refractivity contribution < 1.29 is 29.3 Å². The summed E-state index contributed by atoms with van der Waals surface area (Å²) in [7, 11) is 0. The van der Waals surface area contributed by atoms with E-state index < -0.39 is 28.8 Å². The van der Waals surface area contributed by atoms with E-state index in [0.717, 1.165) is 76.6 Å². The fourth-order valence-corrected chi connectivity index (χ4v) is 15.0. The second kappa shape index (κ2) is 13.4. The van der Waals surface area contributed by atoms with Crippen molar-refractivity contribution in [2.75, 3.05) is 26.2 Å². The van der Waals surface area contributed by atoms with E-state index in [9.17, 15) is 24.6 Å². The third-order valence-electron chi connectivity index (χ3n) is 18.3. The van der Waals surface area contributed by atoms with Crippen molar-refractivity contribution in [3.05, 3.63) is 11.1 Å². The van der Waals surface area contributed by atoms with Gasteiger partial charge in [-0.2, -0.15) is 0 Å². The number of esters is 1. The number of piperidine rings is 1. The second-order valence-electron chi connectivity index (χ2n) is 21.5. The fourth-order valence-electron chi connectivity index (χ4n) is 15.0. The number of aliphatic hydroxyl groups excluding tert-OH is 1. The molecule has 12 atom stereocenters. The molecule has 1 aliphatic heterocycles. The summed E-state index contributed by atoms with van der Waals surface area (Å²) in [6, 6.07) is 0. The van der Waals surface area contributed by atoms with Crippen LogP contribution in [0, 0.1) is 73.9 Å². The number of hydrogen-bond donors (Lipinski definition) is 4. The monoisotopic (exact) mass is 737 g/mol. The number of allylic oxidation sites excluding steroid dienone is 1. The van der Waals surface area contributed by atoms with Crippen LogP contribution < -0.4 is 10.6 Å². The van der Waals surface area contributed by atoms with Gasteiger partial charge in [-0.25, -0.2) is 0 Å². The minimum absolute atomic E-state index is 0.0261. The number of Topliss-reactive ketones (excluding diaryl/α,β-unsaturated/α-hetero) is 1. The number of carbonyl (C=O) groups excluding carboxylic acids is 2. The van der Waals surface area contributed by atoms with E-state index in [-0.39, 0.29) is 51.4 Å². The number of ether oxygens (including phenoxy) is 1. The van der Waals surface area contributed by atoms with E-state index in [1.165, 1.54) is 18.4 Å². The van der Waals surface area contributed by atoms with Crippen molar-refractivity contribution in [1.29, 1.82) is 0 Å². The average molecular weight is 737 g/mol. The van der Waals surface area contributed by atoms with E-state index in [2.05, 4.69) is 59.1 Å². The first-order valence-corrected chi connectivity index (χ1v) is 21.6. The number of carbonyl (C=O) groups is 3. The maximum Gasteiger partial charge on any atom is 0.309 e. The Labute approximate surface area is 319 Å². The summed E-state index contributed by atoms with van der Waals surface area (Å²) in [4.78, 5) is 39.4. The number of ketones is 1. The second-order valence-corrected chi connectivity index (χ2v) is 21.5. The Kier molecular flexibility index (Phi) is 10.00. The van der Waals surface area contributed by atoms with Crippen molar-refractivity contribution in [2.45, 2.75) is 152 Å². The van der Waals surface area contributed by atoms with Crippen LogP contribution in [0.1, 0.15) is 139 Å². The lowest BCUT2D eigenvalue weighted by molar-refractivity contribution is -0.238. The molecule has 7 rings (SSSR count). The van der Waals surface area contributed by atoms with Gasteiger partial charge in [0, 0.05) is 23.8 Å². The minimum atomic E-state index is -0.822. The summed E-state index contributed by atoms with van der Waals surface area (Å²) in [5.74, 6) is 0.342. The molecule has 0 aromatic heterocycles. The number of nitrogens with one attached hydrogen (secondary N) is 2. The van der Waals surface area contributed by atoms with Crippen molar-refractivity contribution >= 4 is 17.7 Å². The number of hydrogen-bond acceptors (Lipinski definition) is 7. The predicted octanol–water partition coefficient (Wildman–Crippen LogP) is 7.58. The third-order valence-corrected chi connectivity index (χ3v) is 18.3. The largest absolute Gasteiger partial charge is 0.481 e. The van der Waals surface area contributed by atoms with Crippen molar-refractivity contribution in [3.63, 3.8) is 0 Å². The number of fused-ring (bicyclic) bond motifs is 7. The molecule has 0 bridgehead atoms. The first-order valence-electron chi connectivity index (χ1n) is 21.6. The zero-order valence-corrected chi connectivity index (χ0v) is 34.5. The Balaban J connectivity index is 1.12. The average Bonchev–Trinajstić information content (AvgIpc) is 3.39. The molecule has 5 saturated carbocycles. The highest BCUT2D eigenvalue weighted by atomic mass is 16.5. The Bertz CT molecular complexity index is 1510. The van der Waals surface area contributed by atoms with Gasteiger partial charge in [-0.3, -0.25) is 14.4 Å². The summed E-state index contributed by atoms with van der Waals surface area (Å²) in [5.41, 5.74) is 1.34. The topological polar surface area (TPSA) is 125 Å². The number of carboxylic acids is 1. The Morgan fingerprint density at radius 2 is 1.62 bits per heavy atom.